The first-order valence-corrected chi connectivity index (χ1v) is 12.2. The number of carboxylic acids is 1. The molecule has 0 aromatic heterocycles. The van der Waals surface area contributed by atoms with E-state index in [1.165, 1.54) is 17.9 Å². The van der Waals surface area contributed by atoms with Gasteiger partial charge in [0.1, 0.15) is 11.2 Å². The van der Waals surface area contributed by atoms with E-state index in [1.54, 1.807) is 41.5 Å². The summed E-state index contributed by atoms with van der Waals surface area (Å²) in [6.07, 6.45) is 3.63. The van der Waals surface area contributed by atoms with Gasteiger partial charge in [-0.25, -0.2) is 14.4 Å². The molecule has 1 aliphatic heterocycles. The van der Waals surface area contributed by atoms with E-state index in [1.807, 2.05) is 0 Å². The van der Waals surface area contributed by atoms with Gasteiger partial charge in [-0.05, 0) is 86.1 Å². The van der Waals surface area contributed by atoms with E-state index in [0.29, 0.717) is 31.4 Å². The van der Waals surface area contributed by atoms with Crippen LogP contribution in [-0.2, 0) is 23.9 Å². The summed E-state index contributed by atoms with van der Waals surface area (Å²) >= 11 is 0. The maximum atomic E-state index is 13.6. The van der Waals surface area contributed by atoms with Gasteiger partial charge in [-0.2, -0.15) is 10.2 Å². The average Bonchev–Trinajstić information content (AvgIpc) is 2.72. The number of azo groups is 1. The summed E-state index contributed by atoms with van der Waals surface area (Å²) in [5.41, 5.74) is -2.95. The number of aliphatic carboxylic acids is 1. The smallest absolute Gasteiger partial charge is 0.411 e. The quantitative estimate of drug-likeness (QED) is 0.328. The van der Waals surface area contributed by atoms with E-state index in [4.69, 9.17) is 9.47 Å². The lowest BCUT2D eigenvalue weighted by Crippen LogP contribution is -2.59. The zero-order valence-corrected chi connectivity index (χ0v) is 21.9. The maximum absolute atomic E-state index is 13.6. The molecule has 0 spiro atoms. The summed E-state index contributed by atoms with van der Waals surface area (Å²) < 4.78 is 11.1. The van der Waals surface area contributed by atoms with Crippen molar-refractivity contribution >= 4 is 23.8 Å². The van der Waals surface area contributed by atoms with Gasteiger partial charge < -0.3 is 14.6 Å². The minimum absolute atomic E-state index is 0.00242. The molecule has 1 N–H and O–H groups in total. The molecule has 1 heterocycles. The fraction of sp³-hybridized carbons (Fsp3) is 0.760. The molecule has 1 fully saturated rings. The van der Waals surface area contributed by atoms with Crippen molar-refractivity contribution in [1.82, 2.24) is 4.90 Å². The zero-order chi connectivity index (χ0) is 26.6. The number of hydrogen-bond donors (Lipinski definition) is 1. The van der Waals surface area contributed by atoms with Gasteiger partial charge in [0.25, 0.3) is 0 Å². The molecule has 0 saturated heterocycles. The van der Waals surface area contributed by atoms with Crippen LogP contribution in [-0.4, -0.2) is 69.2 Å². The number of carbonyl (C=O) groups excluding carboxylic acids is 3. The molecule has 0 bridgehead atoms. The third-order valence-electron chi connectivity index (χ3n) is 5.87. The minimum atomic E-state index is -2.05. The summed E-state index contributed by atoms with van der Waals surface area (Å²) in [5, 5.41) is 17.6. The summed E-state index contributed by atoms with van der Waals surface area (Å²) in [6, 6.07) is -1.81. The third kappa shape index (κ3) is 7.35. The van der Waals surface area contributed by atoms with Crippen molar-refractivity contribution in [3.63, 3.8) is 0 Å². The Hall–Kier alpha value is -2.78. The number of Topliss-reactive ketones (excluding diaryl/α,β-unsaturated/α-hetero) is 1. The Morgan fingerprint density at radius 1 is 1.06 bits per heavy atom. The second-order valence-corrected chi connectivity index (χ2v) is 11.2. The SMILES string of the molecule is CC(C(=O)[C@]1(C(=O)O)CCCN=N1)N(C(=O)OC(C)(C)C)C1CCCCC1=CC(=O)OC(C)(C)C. The number of esters is 1. The van der Waals surface area contributed by atoms with Crippen LogP contribution in [0.3, 0.4) is 0 Å². The molecule has 0 aromatic carbocycles. The number of nitrogens with zero attached hydrogens (tertiary/aromatic N) is 3. The molecule has 10 heteroatoms. The summed E-state index contributed by atoms with van der Waals surface area (Å²) in [4.78, 5) is 53.1. The van der Waals surface area contributed by atoms with Gasteiger partial charge >= 0.3 is 18.0 Å². The number of carbonyl (C=O) groups is 4. The first kappa shape index (κ1) is 28.5. The molecule has 0 radical (unpaired) electrons. The van der Waals surface area contributed by atoms with Crippen molar-refractivity contribution in [3.8, 4) is 0 Å². The van der Waals surface area contributed by atoms with Crippen LogP contribution < -0.4 is 0 Å². The van der Waals surface area contributed by atoms with Gasteiger partial charge in [0.2, 0.25) is 5.54 Å². The van der Waals surface area contributed by atoms with Crippen molar-refractivity contribution in [2.75, 3.05) is 6.54 Å². The van der Waals surface area contributed by atoms with Crippen molar-refractivity contribution < 1.29 is 33.8 Å². The van der Waals surface area contributed by atoms with Crippen LogP contribution in [0.5, 0.6) is 0 Å². The minimum Gasteiger partial charge on any atom is -0.479 e. The van der Waals surface area contributed by atoms with Gasteiger partial charge in [0.15, 0.2) is 5.78 Å². The van der Waals surface area contributed by atoms with Gasteiger partial charge in [0.05, 0.1) is 18.6 Å². The van der Waals surface area contributed by atoms with E-state index in [-0.39, 0.29) is 6.42 Å². The lowest BCUT2D eigenvalue weighted by Gasteiger charge is -2.41. The highest BCUT2D eigenvalue weighted by Gasteiger charge is 2.52. The molecule has 1 saturated carbocycles. The van der Waals surface area contributed by atoms with E-state index < -0.39 is 52.6 Å². The zero-order valence-electron chi connectivity index (χ0n) is 21.9. The van der Waals surface area contributed by atoms with Crippen molar-refractivity contribution in [1.29, 1.82) is 0 Å². The summed E-state index contributed by atoms with van der Waals surface area (Å²) in [5.74, 6) is -2.66. The lowest BCUT2D eigenvalue weighted by atomic mass is 9.82. The molecule has 196 valence electrons. The number of amides is 1. The van der Waals surface area contributed by atoms with Crippen molar-refractivity contribution in [3.05, 3.63) is 11.6 Å². The van der Waals surface area contributed by atoms with Crippen molar-refractivity contribution in [2.24, 2.45) is 10.2 Å². The number of ether oxygens (including phenoxy) is 2. The largest absolute Gasteiger partial charge is 0.479 e. The standard InChI is InChI=1S/C25H39N3O7/c1-16(20(30)25(21(31)32)13-10-14-26-27-25)28(22(33)35-24(5,6)7)18-12-9-8-11-17(18)15-19(29)34-23(2,3)4/h15-16,18H,8-14H2,1-7H3,(H,31,32)/t16?,18?,25-/m0/s1. The molecule has 2 unspecified atom stereocenters. The Kier molecular flexibility index (Phi) is 8.84. The van der Waals surface area contributed by atoms with E-state index in [9.17, 15) is 24.3 Å². The molecule has 35 heavy (non-hydrogen) atoms. The van der Waals surface area contributed by atoms with E-state index >= 15 is 0 Å². The molecular weight excluding hydrogens is 454 g/mol. The van der Waals surface area contributed by atoms with E-state index in [2.05, 4.69) is 10.2 Å². The molecule has 1 aliphatic carbocycles. The van der Waals surface area contributed by atoms with Crippen LogP contribution in [0.15, 0.2) is 21.9 Å². The second kappa shape index (κ2) is 10.9. The molecule has 10 nitrogen and oxygen atoms in total. The predicted octanol–water partition coefficient (Wildman–Crippen LogP) is 4.46. The van der Waals surface area contributed by atoms with Gasteiger partial charge in [0, 0.05) is 6.08 Å². The number of hydrogen-bond acceptors (Lipinski definition) is 8. The third-order valence-corrected chi connectivity index (χ3v) is 5.87. The van der Waals surface area contributed by atoms with Crippen LogP contribution in [0.2, 0.25) is 0 Å². The van der Waals surface area contributed by atoms with Crippen LogP contribution in [0.4, 0.5) is 4.79 Å². The highest BCUT2D eigenvalue weighted by atomic mass is 16.6. The Labute approximate surface area is 207 Å². The lowest BCUT2D eigenvalue weighted by molar-refractivity contribution is -0.151. The fourth-order valence-electron chi connectivity index (χ4n) is 4.38. The van der Waals surface area contributed by atoms with Gasteiger partial charge in [-0.1, -0.05) is 6.42 Å². The molecular formula is C25H39N3O7. The fourth-order valence-corrected chi connectivity index (χ4v) is 4.38. The van der Waals surface area contributed by atoms with Crippen LogP contribution in [0, 0.1) is 0 Å². The molecule has 0 aromatic rings. The molecule has 2 rings (SSSR count). The van der Waals surface area contributed by atoms with Gasteiger partial charge in [-0.15, -0.1) is 0 Å². The highest BCUT2D eigenvalue weighted by Crippen LogP contribution is 2.34. The van der Waals surface area contributed by atoms with Crippen LogP contribution in [0.1, 0.15) is 87.0 Å². The second-order valence-electron chi connectivity index (χ2n) is 11.2. The van der Waals surface area contributed by atoms with E-state index in [0.717, 1.165) is 12.8 Å². The number of rotatable bonds is 6. The number of ketones is 1. The summed E-state index contributed by atoms with van der Waals surface area (Å²) in [7, 11) is 0. The van der Waals surface area contributed by atoms with Gasteiger partial charge in [-0.3, -0.25) is 9.69 Å². The first-order chi connectivity index (χ1) is 16.1. The molecule has 3 atom stereocenters. The first-order valence-electron chi connectivity index (χ1n) is 12.2. The Bertz CT molecular complexity index is 898. The molecule has 2 aliphatic rings. The number of carboxylic acid groups (broad SMARTS) is 1. The maximum Gasteiger partial charge on any atom is 0.411 e. The van der Waals surface area contributed by atoms with Crippen LogP contribution >= 0.6 is 0 Å². The monoisotopic (exact) mass is 493 g/mol. The van der Waals surface area contributed by atoms with Crippen molar-refractivity contribution in [2.45, 2.75) is 116 Å². The molecule has 1 amide bonds. The Morgan fingerprint density at radius 3 is 2.20 bits per heavy atom. The summed E-state index contributed by atoms with van der Waals surface area (Å²) in [6.45, 7) is 12.3. The normalized spacial score (nSPS) is 25.0. The predicted molar refractivity (Wildman–Crippen MR) is 128 cm³/mol. The van der Waals surface area contributed by atoms with Crippen LogP contribution in [0.25, 0.3) is 0 Å². The highest BCUT2D eigenvalue weighted by molar-refractivity contribution is 6.11. The topological polar surface area (TPSA) is 135 Å². The average molecular weight is 494 g/mol. The Balaban J connectivity index is 2.51. The Morgan fingerprint density at radius 2 is 1.69 bits per heavy atom.